The second-order valence-electron chi connectivity index (χ2n) is 6.03. The van der Waals surface area contributed by atoms with Crippen LogP contribution < -0.4 is 10.9 Å². The highest BCUT2D eigenvalue weighted by molar-refractivity contribution is 6.05. The third-order valence-corrected chi connectivity index (χ3v) is 4.31. The number of carbonyl (C=O) groups is 2. The average molecular weight is 349 g/mol. The molecular weight excluding hydrogens is 330 g/mol. The Morgan fingerprint density at radius 2 is 1.69 bits per heavy atom. The van der Waals surface area contributed by atoms with Crippen molar-refractivity contribution in [2.45, 2.75) is 13.8 Å². The summed E-state index contributed by atoms with van der Waals surface area (Å²) in [4.78, 5) is 37.1. The number of hydrogen-bond acceptors (Lipinski definition) is 3. The largest absolute Gasteiger partial charge is 0.322 e. The molecular formula is C20H19N3O3. The average Bonchev–Trinajstić information content (AvgIpc) is 2.85. The highest BCUT2D eigenvalue weighted by Gasteiger charge is 2.22. The van der Waals surface area contributed by atoms with Crippen molar-refractivity contribution in [2.75, 3.05) is 5.32 Å². The number of anilines is 1. The van der Waals surface area contributed by atoms with Crippen molar-refractivity contribution in [3.63, 3.8) is 0 Å². The van der Waals surface area contributed by atoms with Crippen molar-refractivity contribution in [2.24, 2.45) is 7.05 Å². The highest BCUT2D eigenvalue weighted by Crippen LogP contribution is 2.15. The fourth-order valence-electron chi connectivity index (χ4n) is 2.84. The van der Waals surface area contributed by atoms with Gasteiger partial charge in [0.2, 0.25) is 0 Å². The molecule has 1 heterocycles. The lowest BCUT2D eigenvalue weighted by atomic mass is 10.1. The number of hydrogen-bond donors (Lipinski definition) is 1. The van der Waals surface area contributed by atoms with Crippen LogP contribution in [0, 0.1) is 6.92 Å². The maximum Gasteiger partial charge on any atom is 0.284 e. The van der Waals surface area contributed by atoms with Crippen LogP contribution in [0.3, 0.4) is 0 Å². The van der Waals surface area contributed by atoms with E-state index in [2.05, 4.69) is 5.32 Å². The predicted octanol–water partition coefficient (Wildman–Crippen LogP) is 2.94. The highest BCUT2D eigenvalue weighted by atomic mass is 16.2. The van der Waals surface area contributed by atoms with Crippen LogP contribution in [0.15, 0.2) is 59.4 Å². The van der Waals surface area contributed by atoms with E-state index < -0.39 is 11.5 Å². The van der Waals surface area contributed by atoms with Gasteiger partial charge in [0.15, 0.2) is 5.78 Å². The minimum absolute atomic E-state index is 0.0737. The van der Waals surface area contributed by atoms with E-state index in [1.807, 2.05) is 18.2 Å². The zero-order chi connectivity index (χ0) is 18.8. The van der Waals surface area contributed by atoms with E-state index in [1.54, 1.807) is 55.1 Å². The van der Waals surface area contributed by atoms with E-state index in [0.717, 1.165) is 0 Å². The maximum absolute atomic E-state index is 12.8. The summed E-state index contributed by atoms with van der Waals surface area (Å²) in [6, 6.07) is 15.8. The van der Waals surface area contributed by atoms with Crippen molar-refractivity contribution >= 4 is 17.4 Å². The molecule has 2 aromatic carbocycles. The Balaban J connectivity index is 2.00. The second kappa shape index (κ2) is 6.84. The Hall–Kier alpha value is -3.41. The molecule has 0 saturated carbocycles. The van der Waals surface area contributed by atoms with Gasteiger partial charge in [-0.1, -0.05) is 30.3 Å². The molecule has 3 aromatic rings. The minimum atomic E-state index is -0.501. The summed E-state index contributed by atoms with van der Waals surface area (Å²) in [6.07, 6.45) is 0. The number of Topliss-reactive ketones (excluding diaryl/α,β-unsaturated/α-hetero) is 1. The van der Waals surface area contributed by atoms with Gasteiger partial charge < -0.3 is 5.32 Å². The van der Waals surface area contributed by atoms with Crippen molar-refractivity contribution in [1.29, 1.82) is 0 Å². The topological polar surface area (TPSA) is 73.1 Å². The first kappa shape index (κ1) is 17.4. The number of carbonyl (C=O) groups excluding carboxylic acids is 2. The number of rotatable bonds is 4. The summed E-state index contributed by atoms with van der Waals surface area (Å²) in [5.74, 6) is -0.595. The molecule has 6 nitrogen and oxygen atoms in total. The lowest BCUT2D eigenvalue weighted by Crippen LogP contribution is -2.25. The van der Waals surface area contributed by atoms with E-state index in [-0.39, 0.29) is 11.3 Å². The Labute approximate surface area is 150 Å². The SMILES string of the molecule is CC(=O)c1cccc(NC(=O)c2c(C)n(C)n(-c3ccccc3)c2=O)c1. The van der Waals surface area contributed by atoms with Crippen LogP contribution in [0.1, 0.15) is 33.3 Å². The molecule has 0 aliphatic carbocycles. The van der Waals surface area contributed by atoms with E-state index >= 15 is 0 Å². The number of para-hydroxylation sites is 1. The van der Waals surface area contributed by atoms with Crippen molar-refractivity contribution < 1.29 is 9.59 Å². The number of nitrogens with one attached hydrogen (secondary N) is 1. The van der Waals surface area contributed by atoms with Gasteiger partial charge in [0, 0.05) is 18.3 Å². The quantitative estimate of drug-likeness (QED) is 0.736. The second-order valence-corrected chi connectivity index (χ2v) is 6.03. The van der Waals surface area contributed by atoms with Crippen LogP contribution in [0.5, 0.6) is 0 Å². The molecule has 132 valence electrons. The number of amides is 1. The molecule has 0 atom stereocenters. The zero-order valence-corrected chi connectivity index (χ0v) is 14.8. The summed E-state index contributed by atoms with van der Waals surface area (Å²) in [5, 5.41) is 2.71. The molecule has 0 radical (unpaired) electrons. The van der Waals surface area contributed by atoms with Gasteiger partial charge in [-0.3, -0.25) is 19.1 Å². The summed E-state index contributed by atoms with van der Waals surface area (Å²) in [7, 11) is 1.73. The monoisotopic (exact) mass is 349 g/mol. The zero-order valence-electron chi connectivity index (χ0n) is 14.8. The molecule has 1 N–H and O–H groups in total. The van der Waals surface area contributed by atoms with E-state index in [4.69, 9.17) is 0 Å². The van der Waals surface area contributed by atoms with Crippen molar-refractivity contribution in [3.05, 3.63) is 81.8 Å². The molecule has 0 aliphatic heterocycles. The van der Waals surface area contributed by atoms with Gasteiger partial charge in [-0.25, -0.2) is 4.68 Å². The molecule has 0 fully saturated rings. The van der Waals surface area contributed by atoms with Gasteiger partial charge >= 0.3 is 0 Å². The molecule has 1 amide bonds. The lowest BCUT2D eigenvalue weighted by Gasteiger charge is -2.07. The molecule has 0 unspecified atom stereocenters. The Bertz CT molecular complexity index is 1050. The molecule has 3 rings (SSSR count). The van der Waals surface area contributed by atoms with Crippen molar-refractivity contribution in [1.82, 2.24) is 9.36 Å². The number of nitrogens with zero attached hydrogens (tertiary/aromatic N) is 2. The predicted molar refractivity (Wildman–Crippen MR) is 100 cm³/mol. The van der Waals surface area contributed by atoms with Crippen LogP contribution in [-0.4, -0.2) is 21.1 Å². The van der Waals surface area contributed by atoms with Gasteiger partial charge in [-0.2, -0.15) is 0 Å². The van der Waals surface area contributed by atoms with Crippen LogP contribution in [0.2, 0.25) is 0 Å². The summed E-state index contributed by atoms with van der Waals surface area (Å²) in [5.41, 5.74) is 1.88. The fraction of sp³-hybridized carbons (Fsp3) is 0.150. The van der Waals surface area contributed by atoms with Crippen LogP contribution >= 0.6 is 0 Å². The van der Waals surface area contributed by atoms with Gasteiger partial charge in [0.1, 0.15) is 5.56 Å². The van der Waals surface area contributed by atoms with E-state index in [9.17, 15) is 14.4 Å². The first-order valence-corrected chi connectivity index (χ1v) is 8.16. The third kappa shape index (κ3) is 3.09. The first-order chi connectivity index (χ1) is 12.4. The van der Waals surface area contributed by atoms with Gasteiger partial charge in [0.25, 0.3) is 11.5 Å². The molecule has 0 saturated heterocycles. The van der Waals surface area contributed by atoms with E-state index in [1.165, 1.54) is 11.6 Å². The van der Waals surface area contributed by atoms with Crippen LogP contribution in [0.4, 0.5) is 5.69 Å². The van der Waals surface area contributed by atoms with Crippen LogP contribution in [0.25, 0.3) is 5.69 Å². The molecule has 0 aliphatic rings. The smallest absolute Gasteiger partial charge is 0.284 e. The summed E-state index contributed by atoms with van der Waals surface area (Å²) in [6.45, 7) is 3.18. The lowest BCUT2D eigenvalue weighted by molar-refractivity contribution is 0.101. The molecule has 6 heteroatoms. The molecule has 0 spiro atoms. The fourth-order valence-corrected chi connectivity index (χ4v) is 2.84. The van der Waals surface area contributed by atoms with Crippen LogP contribution in [-0.2, 0) is 7.05 Å². The summed E-state index contributed by atoms with van der Waals surface area (Å²) >= 11 is 0. The minimum Gasteiger partial charge on any atom is -0.322 e. The van der Waals surface area contributed by atoms with E-state index in [0.29, 0.717) is 22.6 Å². The third-order valence-electron chi connectivity index (χ3n) is 4.31. The Kier molecular flexibility index (Phi) is 4.58. The molecule has 1 aromatic heterocycles. The Morgan fingerprint density at radius 1 is 1.00 bits per heavy atom. The van der Waals surface area contributed by atoms with Gasteiger partial charge in [-0.15, -0.1) is 0 Å². The first-order valence-electron chi connectivity index (χ1n) is 8.16. The number of ketones is 1. The van der Waals surface area contributed by atoms with Crippen molar-refractivity contribution in [3.8, 4) is 5.69 Å². The normalized spacial score (nSPS) is 10.6. The Morgan fingerprint density at radius 3 is 2.35 bits per heavy atom. The molecule has 0 bridgehead atoms. The molecule has 26 heavy (non-hydrogen) atoms. The van der Waals surface area contributed by atoms with Gasteiger partial charge in [0.05, 0.1) is 11.4 Å². The maximum atomic E-state index is 12.8. The standard InChI is InChI=1S/C20H19N3O3/c1-13-18(19(25)21-16-9-7-8-15(12-16)14(2)24)20(26)23(22(13)3)17-10-5-4-6-11-17/h4-12H,1-3H3,(H,21,25). The number of benzene rings is 2. The number of aromatic nitrogens is 2. The van der Waals surface area contributed by atoms with Gasteiger partial charge in [-0.05, 0) is 38.1 Å². The summed E-state index contributed by atoms with van der Waals surface area (Å²) < 4.78 is 3.11.